The van der Waals surface area contributed by atoms with Crippen LogP contribution < -0.4 is 0 Å². The summed E-state index contributed by atoms with van der Waals surface area (Å²) in [6.45, 7) is 0. The van der Waals surface area contributed by atoms with Gasteiger partial charge in [0.2, 0.25) is 0 Å². The van der Waals surface area contributed by atoms with Gasteiger partial charge in [-0.2, -0.15) is 12.1 Å². The average molecular weight is 352 g/mol. The van der Waals surface area contributed by atoms with E-state index < -0.39 is 0 Å². The maximum Gasteiger partial charge on any atom is 0.0124 e. The second-order valence-electron chi connectivity index (χ2n) is 2.11. The van der Waals surface area contributed by atoms with Crippen molar-refractivity contribution in [2.75, 3.05) is 0 Å². The summed E-state index contributed by atoms with van der Waals surface area (Å²) in [5.41, 5.74) is 1.00. The third-order valence-electron chi connectivity index (χ3n) is 1.37. The normalized spacial score (nSPS) is 9.00. The monoisotopic (exact) mass is 353 g/mol. The van der Waals surface area contributed by atoms with Crippen molar-refractivity contribution in [2.45, 2.75) is 0 Å². The van der Waals surface area contributed by atoms with E-state index in [1.165, 1.54) is 0 Å². The third kappa shape index (κ3) is 2.01. The van der Waals surface area contributed by atoms with Gasteiger partial charge in [0.25, 0.3) is 0 Å². The van der Waals surface area contributed by atoms with E-state index in [9.17, 15) is 0 Å². The molecule has 63 valence electrons. The van der Waals surface area contributed by atoms with E-state index in [1.54, 1.807) is 17.5 Å². The van der Waals surface area contributed by atoms with Crippen LogP contribution in [0.3, 0.4) is 0 Å². The average Bonchev–Trinajstić information content (AvgIpc) is 2.58. The molecule has 2 heterocycles. The van der Waals surface area contributed by atoms with Crippen LogP contribution in [0.2, 0.25) is 0 Å². The Bertz CT molecular complexity index is 318. The molecule has 0 amide bonds. The van der Waals surface area contributed by atoms with E-state index in [1.807, 2.05) is 29.6 Å². The molecule has 0 spiro atoms. The SMILES string of the molecule is [Ir].[c-]1ccsc1-c1ccccn1. The summed E-state index contributed by atoms with van der Waals surface area (Å²) < 4.78 is 0. The maximum absolute atomic E-state index is 4.20. The molecule has 0 aliphatic heterocycles. The fourth-order valence-electron chi connectivity index (χ4n) is 0.877. The number of nitrogens with zero attached hydrogens (tertiary/aromatic N) is 1. The van der Waals surface area contributed by atoms with Gasteiger partial charge < -0.3 is 4.98 Å². The minimum Gasteiger partial charge on any atom is -0.319 e. The Morgan fingerprint density at radius 1 is 1.33 bits per heavy atom. The van der Waals surface area contributed by atoms with Crippen molar-refractivity contribution in [3.8, 4) is 10.6 Å². The van der Waals surface area contributed by atoms with E-state index in [-0.39, 0.29) is 20.1 Å². The van der Waals surface area contributed by atoms with Crippen LogP contribution in [-0.4, -0.2) is 4.98 Å². The molecule has 1 radical (unpaired) electrons. The fourth-order valence-corrected chi connectivity index (χ4v) is 1.53. The summed E-state index contributed by atoms with van der Waals surface area (Å²) in [6, 6.07) is 10.9. The minimum absolute atomic E-state index is 0. The molecule has 12 heavy (non-hydrogen) atoms. The zero-order valence-corrected chi connectivity index (χ0v) is 9.36. The molecule has 1 nitrogen and oxygen atoms in total. The number of pyridine rings is 1. The Balaban J connectivity index is 0.000000720. The molecule has 0 N–H and O–H groups in total. The zero-order chi connectivity index (χ0) is 7.52. The second-order valence-corrected chi connectivity index (χ2v) is 3.03. The van der Waals surface area contributed by atoms with Crippen LogP contribution in [0.15, 0.2) is 35.8 Å². The Morgan fingerprint density at radius 2 is 2.25 bits per heavy atom. The van der Waals surface area contributed by atoms with Crippen molar-refractivity contribution in [3.63, 3.8) is 0 Å². The molecule has 2 rings (SSSR count). The molecule has 2 aromatic rings. The minimum atomic E-state index is 0. The molecule has 0 saturated heterocycles. The molecular formula is C9H6IrNS-. The molecular weight excluding hydrogens is 346 g/mol. The first-order valence-electron chi connectivity index (χ1n) is 3.33. The molecule has 0 aliphatic carbocycles. The fraction of sp³-hybridized carbons (Fsp3) is 0. The van der Waals surface area contributed by atoms with Crippen molar-refractivity contribution >= 4 is 11.3 Å². The summed E-state index contributed by atoms with van der Waals surface area (Å²) >= 11 is 1.66. The molecule has 0 bridgehead atoms. The summed E-state index contributed by atoms with van der Waals surface area (Å²) in [5, 5.41) is 2.00. The largest absolute Gasteiger partial charge is 0.319 e. The molecule has 0 fully saturated rings. The number of rotatable bonds is 1. The van der Waals surface area contributed by atoms with Gasteiger partial charge in [-0.05, 0) is 11.8 Å². The van der Waals surface area contributed by atoms with Gasteiger partial charge in [-0.3, -0.25) is 0 Å². The van der Waals surface area contributed by atoms with Gasteiger partial charge in [-0.25, -0.2) is 11.3 Å². The topological polar surface area (TPSA) is 12.9 Å². The molecule has 0 unspecified atom stereocenters. The summed E-state index contributed by atoms with van der Waals surface area (Å²) in [5.74, 6) is 0. The van der Waals surface area contributed by atoms with Gasteiger partial charge in [-0.1, -0.05) is 17.0 Å². The van der Waals surface area contributed by atoms with Crippen LogP contribution >= 0.6 is 11.3 Å². The summed E-state index contributed by atoms with van der Waals surface area (Å²) in [7, 11) is 0. The standard InChI is InChI=1S/C9H6NS.Ir/c1-2-6-10-8(4-1)9-5-3-7-11-9;/h1-4,6-7H;/q-1;. The van der Waals surface area contributed by atoms with Gasteiger partial charge in [0.1, 0.15) is 0 Å². The van der Waals surface area contributed by atoms with Crippen LogP contribution in [0.1, 0.15) is 0 Å². The number of hydrogen-bond acceptors (Lipinski definition) is 2. The van der Waals surface area contributed by atoms with Crippen molar-refractivity contribution in [1.82, 2.24) is 4.98 Å². The van der Waals surface area contributed by atoms with Crippen molar-refractivity contribution in [2.24, 2.45) is 0 Å². The number of thiophene rings is 1. The predicted octanol–water partition coefficient (Wildman–Crippen LogP) is 2.61. The number of aromatic nitrogens is 1. The van der Waals surface area contributed by atoms with Crippen LogP contribution in [0.5, 0.6) is 0 Å². The van der Waals surface area contributed by atoms with Crippen molar-refractivity contribution in [1.29, 1.82) is 0 Å². The smallest absolute Gasteiger partial charge is 0.0124 e. The second kappa shape index (κ2) is 4.51. The predicted molar refractivity (Wildman–Crippen MR) is 46.4 cm³/mol. The van der Waals surface area contributed by atoms with Gasteiger partial charge in [0, 0.05) is 26.3 Å². The first-order chi connectivity index (χ1) is 5.47. The molecule has 3 heteroatoms. The quantitative estimate of drug-likeness (QED) is 0.719. The first-order valence-corrected chi connectivity index (χ1v) is 4.21. The first kappa shape index (κ1) is 9.59. The molecule has 0 saturated carbocycles. The third-order valence-corrected chi connectivity index (χ3v) is 2.20. The van der Waals surface area contributed by atoms with Crippen molar-refractivity contribution < 1.29 is 20.1 Å². The molecule has 2 aromatic heterocycles. The van der Waals surface area contributed by atoms with E-state index in [2.05, 4.69) is 11.1 Å². The van der Waals surface area contributed by atoms with E-state index in [4.69, 9.17) is 0 Å². The Hall–Kier alpha value is -0.501. The molecule has 0 aromatic carbocycles. The summed E-state index contributed by atoms with van der Waals surface area (Å²) in [6.07, 6.45) is 1.79. The van der Waals surface area contributed by atoms with Gasteiger partial charge in [-0.15, -0.1) is 5.38 Å². The van der Waals surface area contributed by atoms with Gasteiger partial charge in [0.05, 0.1) is 0 Å². The number of hydrogen-bond donors (Lipinski definition) is 0. The van der Waals surface area contributed by atoms with Crippen molar-refractivity contribution in [3.05, 3.63) is 41.9 Å². The van der Waals surface area contributed by atoms with Crippen LogP contribution in [0, 0.1) is 6.07 Å². The molecule has 0 aliphatic rings. The zero-order valence-electron chi connectivity index (χ0n) is 6.15. The van der Waals surface area contributed by atoms with Crippen LogP contribution in [-0.2, 0) is 20.1 Å². The van der Waals surface area contributed by atoms with Gasteiger partial charge in [0.15, 0.2) is 0 Å². The Morgan fingerprint density at radius 3 is 2.83 bits per heavy atom. The Kier molecular flexibility index (Phi) is 3.60. The van der Waals surface area contributed by atoms with Gasteiger partial charge >= 0.3 is 0 Å². The molecule has 0 atom stereocenters. The maximum atomic E-state index is 4.20. The van der Waals surface area contributed by atoms with Crippen LogP contribution in [0.4, 0.5) is 0 Å². The van der Waals surface area contributed by atoms with E-state index in [0.717, 1.165) is 10.6 Å². The van der Waals surface area contributed by atoms with E-state index in [0.29, 0.717) is 0 Å². The Labute approximate surface area is 88.8 Å². The van der Waals surface area contributed by atoms with Crippen LogP contribution in [0.25, 0.3) is 10.6 Å². The van der Waals surface area contributed by atoms with E-state index >= 15 is 0 Å². The summed E-state index contributed by atoms with van der Waals surface area (Å²) in [4.78, 5) is 5.30.